The van der Waals surface area contributed by atoms with Gasteiger partial charge < -0.3 is 8.75 Å². The van der Waals surface area contributed by atoms with E-state index in [1.807, 2.05) is 53.4 Å². The number of amides is 1. The van der Waals surface area contributed by atoms with Crippen LogP contribution in [0.15, 0.2) is 107 Å². The first-order chi connectivity index (χ1) is 17.6. The molecule has 4 rings (SSSR count). The van der Waals surface area contributed by atoms with Crippen molar-refractivity contribution < 1.29 is 30.6 Å². The van der Waals surface area contributed by atoms with Crippen molar-refractivity contribution in [3.8, 4) is 11.4 Å². The van der Waals surface area contributed by atoms with Crippen molar-refractivity contribution in [2.75, 3.05) is 0 Å². The number of hydrogen-bond acceptors (Lipinski definition) is 5. The fourth-order valence-electron chi connectivity index (χ4n) is 3.37. The molecule has 0 aliphatic rings. The Bertz CT molecular complexity index is 1520. The Morgan fingerprint density at radius 2 is 1.65 bits per heavy atom. The molecule has 1 heterocycles. The third kappa shape index (κ3) is 6.64. The molecule has 11 heteroatoms. The van der Waals surface area contributed by atoms with E-state index in [1.165, 1.54) is 24.4 Å². The molecule has 1 N–H and O–H groups in total. The highest BCUT2D eigenvalue weighted by Crippen LogP contribution is 2.30. The van der Waals surface area contributed by atoms with Gasteiger partial charge in [-0.15, -0.1) is 0 Å². The molecule has 1 amide bonds. The van der Waals surface area contributed by atoms with Crippen LogP contribution in [0.5, 0.6) is 5.75 Å². The van der Waals surface area contributed by atoms with Crippen LogP contribution in [0.25, 0.3) is 5.69 Å². The highest BCUT2D eigenvalue weighted by molar-refractivity contribution is 7.87. The van der Waals surface area contributed by atoms with Gasteiger partial charge in [0.15, 0.2) is 5.75 Å². The first-order valence-corrected chi connectivity index (χ1v) is 12.3. The normalized spacial score (nSPS) is 12.0. The van der Waals surface area contributed by atoms with Gasteiger partial charge >= 0.3 is 16.3 Å². The number of rotatable bonds is 8. The van der Waals surface area contributed by atoms with Crippen molar-refractivity contribution in [1.29, 1.82) is 0 Å². The second-order valence-corrected chi connectivity index (χ2v) is 9.37. The Labute approximate surface area is 211 Å². The number of nitrogens with one attached hydrogen (secondary N) is 1. The maximum Gasteiger partial charge on any atom is 0.416 e. The van der Waals surface area contributed by atoms with Gasteiger partial charge in [0.05, 0.1) is 18.2 Å². The largest absolute Gasteiger partial charge is 0.416 e. The Morgan fingerprint density at radius 3 is 2.35 bits per heavy atom. The molecule has 0 fully saturated rings. The van der Waals surface area contributed by atoms with Crippen molar-refractivity contribution in [2.24, 2.45) is 5.10 Å². The molecule has 4 aromatic rings. The number of aromatic nitrogens is 1. The predicted molar refractivity (Wildman–Crippen MR) is 131 cm³/mol. The van der Waals surface area contributed by atoms with Gasteiger partial charge in [-0.25, -0.2) is 5.43 Å². The number of hydrogen-bond donors (Lipinski definition) is 1. The molecular formula is C26H20F3N3O4S. The van der Waals surface area contributed by atoms with Crippen LogP contribution in [-0.2, 0) is 27.5 Å². The molecule has 0 aliphatic carbocycles. The average Bonchev–Trinajstić information content (AvgIpc) is 3.40. The van der Waals surface area contributed by atoms with Crippen LogP contribution in [0, 0.1) is 0 Å². The zero-order valence-corrected chi connectivity index (χ0v) is 19.9. The van der Waals surface area contributed by atoms with Crippen LogP contribution in [0.4, 0.5) is 13.2 Å². The summed E-state index contributed by atoms with van der Waals surface area (Å²) < 4.78 is 70.5. The lowest BCUT2D eigenvalue weighted by Crippen LogP contribution is -2.20. The van der Waals surface area contributed by atoms with Gasteiger partial charge in [0.1, 0.15) is 4.90 Å². The van der Waals surface area contributed by atoms with Gasteiger partial charge in [0, 0.05) is 23.6 Å². The standard InChI is InChI=1S/C26H20F3N3O4S/c27-26(28,29)21-10-12-23(13-11-21)37(34,35)36-24-9-2-1-7-20(24)18-30-31-25(33)17-19-6-5-8-22(16-19)32-14-3-4-15-32/h1-16,18H,17H2,(H,31,33). The van der Waals surface area contributed by atoms with Crippen LogP contribution in [0.3, 0.4) is 0 Å². The zero-order chi connectivity index (χ0) is 26.5. The lowest BCUT2D eigenvalue weighted by molar-refractivity contribution is -0.137. The minimum atomic E-state index is -4.60. The molecule has 0 bridgehead atoms. The first-order valence-electron chi connectivity index (χ1n) is 10.9. The summed E-state index contributed by atoms with van der Waals surface area (Å²) in [4.78, 5) is 11.9. The Kier molecular flexibility index (Phi) is 7.44. The number of alkyl halides is 3. The van der Waals surface area contributed by atoms with Gasteiger partial charge in [-0.2, -0.15) is 26.7 Å². The third-order valence-electron chi connectivity index (χ3n) is 5.16. The molecule has 7 nitrogen and oxygen atoms in total. The second kappa shape index (κ2) is 10.7. The first kappa shape index (κ1) is 25.7. The van der Waals surface area contributed by atoms with Gasteiger partial charge in [-0.1, -0.05) is 24.3 Å². The van der Waals surface area contributed by atoms with E-state index in [0.717, 1.165) is 23.4 Å². The van der Waals surface area contributed by atoms with Crippen molar-refractivity contribution in [3.05, 3.63) is 114 Å². The van der Waals surface area contributed by atoms with E-state index in [9.17, 15) is 26.4 Å². The fraction of sp³-hybridized carbons (Fsp3) is 0.0769. The van der Waals surface area contributed by atoms with Crippen molar-refractivity contribution in [1.82, 2.24) is 9.99 Å². The lowest BCUT2D eigenvalue weighted by atomic mass is 10.1. The molecule has 0 saturated carbocycles. The minimum absolute atomic E-state index is 0.0624. The summed E-state index contributed by atoms with van der Waals surface area (Å²) in [5.74, 6) is -0.503. The van der Waals surface area contributed by atoms with Gasteiger partial charge in [0.25, 0.3) is 0 Å². The molecular weight excluding hydrogens is 507 g/mol. The summed E-state index contributed by atoms with van der Waals surface area (Å²) in [7, 11) is -4.42. The molecule has 0 radical (unpaired) electrons. The molecule has 1 aromatic heterocycles. The summed E-state index contributed by atoms with van der Waals surface area (Å²) in [6.07, 6.45) is 0.460. The van der Waals surface area contributed by atoms with Crippen molar-refractivity contribution in [3.63, 3.8) is 0 Å². The smallest absolute Gasteiger partial charge is 0.378 e. The van der Waals surface area contributed by atoms with Crippen LogP contribution in [0.1, 0.15) is 16.7 Å². The Hall–Kier alpha value is -4.38. The monoisotopic (exact) mass is 527 g/mol. The highest BCUT2D eigenvalue weighted by atomic mass is 32.2. The summed E-state index contributed by atoms with van der Waals surface area (Å²) in [5, 5.41) is 3.88. The number of nitrogens with zero attached hydrogens (tertiary/aromatic N) is 2. The van der Waals surface area contributed by atoms with Crippen LogP contribution >= 0.6 is 0 Å². The number of carbonyl (C=O) groups excluding carboxylic acids is 1. The number of benzene rings is 3. The quantitative estimate of drug-likeness (QED) is 0.199. The third-order valence-corrected chi connectivity index (χ3v) is 6.41. The lowest BCUT2D eigenvalue weighted by Gasteiger charge is -2.11. The van der Waals surface area contributed by atoms with E-state index < -0.39 is 32.7 Å². The Morgan fingerprint density at radius 1 is 0.946 bits per heavy atom. The SMILES string of the molecule is O=C(Cc1cccc(-n2cccc2)c1)NN=Cc1ccccc1OS(=O)(=O)c1ccc(C(F)(F)F)cc1. The Balaban J connectivity index is 1.41. The summed E-state index contributed by atoms with van der Waals surface area (Å²) in [6, 6.07) is 20.2. The van der Waals surface area contributed by atoms with Crippen LogP contribution in [-0.4, -0.2) is 25.1 Å². The molecule has 0 spiro atoms. The van der Waals surface area contributed by atoms with E-state index in [2.05, 4.69) is 10.5 Å². The highest BCUT2D eigenvalue weighted by Gasteiger charge is 2.31. The fourth-order valence-corrected chi connectivity index (χ4v) is 4.33. The molecule has 37 heavy (non-hydrogen) atoms. The van der Waals surface area contributed by atoms with E-state index in [0.29, 0.717) is 12.1 Å². The second-order valence-electron chi connectivity index (χ2n) is 7.83. The van der Waals surface area contributed by atoms with Gasteiger partial charge in [-0.3, -0.25) is 4.79 Å². The topological polar surface area (TPSA) is 89.8 Å². The average molecular weight is 528 g/mol. The van der Waals surface area contributed by atoms with E-state index in [1.54, 1.807) is 6.07 Å². The van der Waals surface area contributed by atoms with Gasteiger partial charge in [0.2, 0.25) is 5.91 Å². The summed E-state index contributed by atoms with van der Waals surface area (Å²) >= 11 is 0. The predicted octanol–water partition coefficient (Wildman–Crippen LogP) is 4.96. The van der Waals surface area contributed by atoms with Crippen LogP contribution in [0.2, 0.25) is 0 Å². The molecule has 0 atom stereocenters. The number of halogens is 3. The maximum atomic E-state index is 12.8. The van der Waals surface area contributed by atoms with Crippen LogP contribution < -0.4 is 9.61 Å². The molecule has 0 unspecified atom stereocenters. The zero-order valence-electron chi connectivity index (χ0n) is 19.1. The van der Waals surface area contributed by atoms with Crippen molar-refractivity contribution in [2.45, 2.75) is 17.5 Å². The molecule has 3 aromatic carbocycles. The van der Waals surface area contributed by atoms with Crippen molar-refractivity contribution >= 4 is 22.2 Å². The molecule has 190 valence electrons. The summed E-state index contributed by atoms with van der Waals surface area (Å²) in [6.45, 7) is 0. The van der Waals surface area contributed by atoms with E-state index in [-0.39, 0.29) is 17.7 Å². The van der Waals surface area contributed by atoms with Gasteiger partial charge in [-0.05, 0) is 66.2 Å². The number of carbonyl (C=O) groups is 1. The summed E-state index contributed by atoms with van der Waals surface area (Å²) in [5.41, 5.74) is 3.31. The van der Waals surface area contributed by atoms with E-state index in [4.69, 9.17) is 4.18 Å². The minimum Gasteiger partial charge on any atom is -0.378 e. The number of para-hydroxylation sites is 1. The molecule has 0 saturated heterocycles. The molecule has 0 aliphatic heterocycles. The maximum absolute atomic E-state index is 12.8. The van der Waals surface area contributed by atoms with E-state index >= 15 is 0 Å². The number of hydrazone groups is 1.